The quantitative estimate of drug-likeness (QED) is 0.457. The van der Waals surface area contributed by atoms with Crippen molar-refractivity contribution in [1.82, 2.24) is 5.32 Å². The molecule has 0 aliphatic carbocycles. The molecule has 1 aliphatic rings. The molecule has 1 saturated heterocycles. The molecule has 0 spiro atoms. The lowest BCUT2D eigenvalue weighted by Gasteiger charge is -2.26. The van der Waals surface area contributed by atoms with Gasteiger partial charge in [0.1, 0.15) is 11.3 Å². The van der Waals surface area contributed by atoms with Crippen molar-refractivity contribution in [3.63, 3.8) is 0 Å². The molecule has 0 unspecified atom stereocenters. The number of urea groups is 1. The maximum Gasteiger partial charge on any atom is 0.335 e. The average Bonchev–Trinajstić information content (AvgIpc) is 2.61. The Balaban J connectivity index is 2.10. The standard InChI is InChI=1S/C19H13Br2ClN2O4/c1-9-3-4-12(8-15(9)22)24-18(26)13(17(25)23-19(24)27)6-10-5-11(20)7-14(21)16(10)28-2/h3-8H,1-2H3,(H,23,25,27)/b13-6+. The van der Waals surface area contributed by atoms with Gasteiger partial charge in [-0.3, -0.25) is 14.9 Å². The van der Waals surface area contributed by atoms with Crippen LogP contribution in [0.2, 0.25) is 5.02 Å². The Labute approximate surface area is 182 Å². The lowest BCUT2D eigenvalue weighted by Crippen LogP contribution is -2.54. The fraction of sp³-hybridized carbons (Fsp3) is 0.105. The summed E-state index contributed by atoms with van der Waals surface area (Å²) in [6, 6.07) is 7.40. The van der Waals surface area contributed by atoms with E-state index in [4.69, 9.17) is 16.3 Å². The van der Waals surface area contributed by atoms with E-state index < -0.39 is 17.8 Å². The predicted molar refractivity (Wildman–Crippen MR) is 114 cm³/mol. The van der Waals surface area contributed by atoms with Crippen molar-refractivity contribution in [2.45, 2.75) is 6.92 Å². The number of methoxy groups -OCH3 is 1. The Morgan fingerprint density at radius 2 is 1.86 bits per heavy atom. The fourth-order valence-electron chi connectivity index (χ4n) is 2.67. The van der Waals surface area contributed by atoms with E-state index in [0.29, 0.717) is 25.3 Å². The highest BCUT2D eigenvalue weighted by Crippen LogP contribution is 2.35. The minimum absolute atomic E-state index is 0.209. The maximum absolute atomic E-state index is 13.0. The van der Waals surface area contributed by atoms with E-state index in [1.54, 1.807) is 31.2 Å². The van der Waals surface area contributed by atoms with Gasteiger partial charge in [-0.1, -0.05) is 33.6 Å². The highest BCUT2D eigenvalue weighted by atomic mass is 79.9. The van der Waals surface area contributed by atoms with Crippen molar-refractivity contribution < 1.29 is 19.1 Å². The van der Waals surface area contributed by atoms with Gasteiger partial charge < -0.3 is 4.74 Å². The lowest BCUT2D eigenvalue weighted by atomic mass is 10.1. The molecule has 1 N–H and O–H groups in total. The zero-order valence-electron chi connectivity index (χ0n) is 14.7. The largest absolute Gasteiger partial charge is 0.495 e. The Morgan fingerprint density at radius 1 is 1.14 bits per heavy atom. The van der Waals surface area contributed by atoms with E-state index >= 15 is 0 Å². The number of barbiturate groups is 1. The molecule has 0 atom stereocenters. The first-order valence-corrected chi connectivity index (χ1v) is 9.90. The first kappa shape index (κ1) is 20.6. The van der Waals surface area contributed by atoms with Crippen LogP contribution < -0.4 is 15.0 Å². The number of amides is 4. The van der Waals surface area contributed by atoms with Crippen LogP contribution in [0.15, 0.2) is 44.9 Å². The summed E-state index contributed by atoms with van der Waals surface area (Å²) in [4.78, 5) is 38.5. The summed E-state index contributed by atoms with van der Waals surface area (Å²) in [6.07, 6.45) is 1.38. The highest BCUT2D eigenvalue weighted by molar-refractivity contribution is 9.11. The summed E-state index contributed by atoms with van der Waals surface area (Å²) in [5.41, 5.74) is 1.34. The number of ether oxygens (including phenoxy) is 1. The normalized spacial score (nSPS) is 15.8. The van der Waals surface area contributed by atoms with Gasteiger partial charge in [0.15, 0.2) is 0 Å². The number of nitrogens with one attached hydrogen (secondary N) is 1. The molecule has 6 nitrogen and oxygen atoms in total. The second-order valence-corrected chi connectivity index (χ2v) is 8.08. The number of anilines is 1. The Bertz CT molecular complexity index is 1050. The smallest absolute Gasteiger partial charge is 0.335 e. The Morgan fingerprint density at radius 3 is 2.50 bits per heavy atom. The summed E-state index contributed by atoms with van der Waals surface area (Å²) in [5, 5.41) is 2.58. The number of aryl methyl sites for hydroxylation is 1. The van der Waals surface area contributed by atoms with Gasteiger partial charge in [-0.15, -0.1) is 0 Å². The maximum atomic E-state index is 13.0. The third kappa shape index (κ3) is 3.85. The van der Waals surface area contributed by atoms with Crippen molar-refractivity contribution in [2.24, 2.45) is 0 Å². The number of halogens is 3. The molecular weight excluding hydrogens is 515 g/mol. The molecule has 4 amide bonds. The van der Waals surface area contributed by atoms with Gasteiger partial charge >= 0.3 is 6.03 Å². The van der Waals surface area contributed by atoms with Gasteiger partial charge in [-0.2, -0.15) is 0 Å². The second-order valence-electron chi connectivity index (χ2n) is 5.90. The molecule has 0 aromatic heterocycles. The number of benzene rings is 2. The number of hydrogen-bond acceptors (Lipinski definition) is 4. The van der Waals surface area contributed by atoms with Crippen LogP contribution in [0.4, 0.5) is 10.5 Å². The molecule has 0 bridgehead atoms. The SMILES string of the molecule is COc1c(Br)cc(Br)cc1/C=C1\C(=O)NC(=O)N(c2ccc(C)c(Cl)c2)C1=O. The summed E-state index contributed by atoms with van der Waals surface area (Å²) < 4.78 is 6.71. The molecule has 144 valence electrons. The van der Waals surface area contributed by atoms with E-state index in [2.05, 4.69) is 37.2 Å². The molecule has 2 aromatic rings. The number of carbonyl (C=O) groups is 3. The second kappa shape index (κ2) is 8.06. The minimum atomic E-state index is -0.838. The van der Waals surface area contributed by atoms with Gasteiger partial charge in [0.25, 0.3) is 11.8 Å². The third-order valence-corrected chi connectivity index (χ3v) is 5.51. The van der Waals surface area contributed by atoms with Gasteiger partial charge in [-0.25, -0.2) is 9.69 Å². The van der Waals surface area contributed by atoms with E-state index in [1.807, 2.05) is 0 Å². The topological polar surface area (TPSA) is 75.7 Å². The summed E-state index contributed by atoms with van der Waals surface area (Å²) >= 11 is 12.9. The van der Waals surface area contributed by atoms with Crippen LogP contribution in [0.25, 0.3) is 6.08 Å². The molecule has 1 heterocycles. The van der Waals surface area contributed by atoms with Crippen molar-refractivity contribution in [3.05, 3.63) is 61.0 Å². The molecule has 28 heavy (non-hydrogen) atoms. The molecular formula is C19H13Br2ClN2O4. The zero-order chi connectivity index (χ0) is 20.6. The zero-order valence-corrected chi connectivity index (χ0v) is 18.6. The van der Waals surface area contributed by atoms with E-state index in [9.17, 15) is 14.4 Å². The van der Waals surface area contributed by atoms with E-state index in [0.717, 1.165) is 10.5 Å². The molecule has 0 radical (unpaired) electrons. The number of nitrogens with zero attached hydrogens (tertiary/aromatic N) is 1. The van der Waals surface area contributed by atoms with Crippen LogP contribution in [-0.2, 0) is 9.59 Å². The van der Waals surface area contributed by atoms with Crippen LogP contribution in [0.5, 0.6) is 5.75 Å². The van der Waals surface area contributed by atoms with Crippen molar-refractivity contribution >= 4 is 73.1 Å². The van der Waals surface area contributed by atoms with Crippen molar-refractivity contribution in [1.29, 1.82) is 0 Å². The summed E-state index contributed by atoms with van der Waals surface area (Å²) in [5.74, 6) is -1.10. The molecule has 3 rings (SSSR count). The molecule has 9 heteroatoms. The Kier molecular flexibility index (Phi) is 5.92. The minimum Gasteiger partial charge on any atom is -0.495 e. The van der Waals surface area contributed by atoms with Gasteiger partial charge in [0.05, 0.1) is 17.3 Å². The Hall–Kier alpha value is -2.16. The van der Waals surface area contributed by atoms with Gasteiger partial charge in [-0.05, 0) is 58.8 Å². The summed E-state index contributed by atoms with van der Waals surface area (Å²) in [7, 11) is 1.48. The van der Waals surface area contributed by atoms with E-state index in [1.165, 1.54) is 19.3 Å². The van der Waals surface area contributed by atoms with Gasteiger partial charge in [0, 0.05) is 15.1 Å². The van der Waals surface area contributed by atoms with E-state index in [-0.39, 0.29) is 11.3 Å². The third-order valence-electron chi connectivity index (χ3n) is 4.06. The average molecular weight is 529 g/mol. The first-order valence-electron chi connectivity index (χ1n) is 7.93. The lowest BCUT2D eigenvalue weighted by molar-refractivity contribution is -0.122. The molecule has 0 saturated carbocycles. The van der Waals surface area contributed by atoms with Crippen LogP contribution in [0, 0.1) is 6.92 Å². The number of rotatable bonds is 3. The highest BCUT2D eigenvalue weighted by Gasteiger charge is 2.37. The summed E-state index contributed by atoms with van der Waals surface area (Å²) in [6.45, 7) is 1.80. The number of imide groups is 2. The van der Waals surface area contributed by atoms with Crippen LogP contribution in [0.1, 0.15) is 11.1 Å². The molecule has 1 fully saturated rings. The number of carbonyl (C=O) groups excluding carboxylic acids is 3. The van der Waals surface area contributed by atoms with Crippen molar-refractivity contribution in [3.8, 4) is 5.75 Å². The fourth-order valence-corrected chi connectivity index (χ4v) is 4.27. The number of hydrogen-bond donors (Lipinski definition) is 1. The monoisotopic (exact) mass is 526 g/mol. The van der Waals surface area contributed by atoms with Crippen molar-refractivity contribution in [2.75, 3.05) is 12.0 Å². The first-order chi connectivity index (χ1) is 13.2. The molecule has 2 aromatic carbocycles. The predicted octanol–water partition coefficient (Wildman–Crippen LogP) is 4.85. The molecule has 1 aliphatic heterocycles. The van der Waals surface area contributed by atoms with Gasteiger partial charge in [0.2, 0.25) is 0 Å². The van der Waals surface area contributed by atoms with Crippen LogP contribution >= 0.6 is 43.5 Å². The van der Waals surface area contributed by atoms with Crippen LogP contribution in [0.3, 0.4) is 0 Å². The van der Waals surface area contributed by atoms with Crippen LogP contribution in [-0.4, -0.2) is 25.0 Å².